The van der Waals surface area contributed by atoms with Crippen molar-refractivity contribution in [1.82, 2.24) is 9.78 Å². The summed E-state index contributed by atoms with van der Waals surface area (Å²) in [6, 6.07) is 15.0. The molecule has 2 aromatic carbocycles. The molecule has 0 unspecified atom stereocenters. The van der Waals surface area contributed by atoms with Crippen LogP contribution in [-0.4, -0.2) is 32.5 Å². The van der Waals surface area contributed by atoms with Crippen LogP contribution in [0.4, 0.5) is 11.5 Å². The van der Waals surface area contributed by atoms with Gasteiger partial charge in [0.2, 0.25) is 0 Å². The molecule has 34 heavy (non-hydrogen) atoms. The highest BCUT2D eigenvalue weighted by Gasteiger charge is 2.42. The Morgan fingerprint density at radius 2 is 1.79 bits per heavy atom. The average molecular weight is 457 g/mol. The summed E-state index contributed by atoms with van der Waals surface area (Å²) in [7, 11) is 0. The largest absolute Gasteiger partial charge is 0.478 e. The molecule has 2 aliphatic rings. The van der Waals surface area contributed by atoms with Gasteiger partial charge in [0.05, 0.1) is 11.8 Å². The molecule has 3 N–H and O–H groups in total. The second-order valence-corrected chi connectivity index (χ2v) is 9.46. The standard InChI is InChI=1S/C26H24N4O4/c1-26(2)12-19-21(20(31)13-26)22(15-8-10-16(11-9-15)25(33)34)30-23(29-19)18(14-27-30)24(32)28-17-6-4-3-5-7-17/h3-11,14,22,29H,12-13H2,1-2H3,(H,28,32)(H,33,34)/t22-/m0/s1. The van der Waals surface area contributed by atoms with E-state index in [0.717, 1.165) is 11.3 Å². The third-order valence-corrected chi connectivity index (χ3v) is 6.25. The minimum absolute atomic E-state index is 0.0162. The molecule has 8 heteroatoms. The van der Waals surface area contributed by atoms with E-state index in [4.69, 9.17) is 0 Å². The van der Waals surface area contributed by atoms with Crippen molar-refractivity contribution in [2.45, 2.75) is 32.7 Å². The highest BCUT2D eigenvalue weighted by atomic mass is 16.4. The third kappa shape index (κ3) is 3.77. The van der Waals surface area contributed by atoms with Gasteiger partial charge in [0.1, 0.15) is 17.4 Å². The first kappa shape index (κ1) is 21.6. The van der Waals surface area contributed by atoms with E-state index in [-0.39, 0.29) is 22.7 Å². The first-order valence-corrected chi connectivity index (χ1v) is 11.0. The number of para-hydroxylation sites is 1. The highest BCUT2D eigenvalue weighted by molar-refractivity contribution is 6.08. The molecule has 5 rings (SSSR count). The van der Waals surface area contributed by atoms with Gasteiger partial charge in [-0.2, -0.15) is 5.10 Å². The lowest BCUT2D eigenvalue weighted by atomic mass is 9.73. The number of carbonyl (C=O) groups is 3. The monoisotopic (exact) mass is 456 g/mol. The highest BCUT2D eigenvalue weighted by Crippen LogP contribution is 2.46. The Morgan fingerprint density at radius 1 is 1.09 bits per heavy atom. The predicted octanol–water partition coefficient (Wildman–Crippen LogP) is 4.49. The molecule has 1 atom stereocenters. The molecule has 1 aromatic heterocycles. The van der Waals surface area contributed by atoms with Gasteiger partial charge in [0.25, 0.3) is 5.91 Å². The topological polar surface area (TPSA) is 113 Å². The van der Waals surface area contributed by atoms with Crippen LogP contribution in [0.2, 0.25) is 0 Å². The van der Waals surface area contributed by atoms with Crippen molar-refractivity contribution in [3.05, 3.63) is 88.8 Å². The minimum atomic E-state index is -1.02. The van der Waals surface area contributed by atoms with Gasteiger partial charge in [-0.05, 0) is 41.7 Å². The van der Waals surface area contributed by atoms with Crippen molar-refractivity contribution in [3.8, 4) is 0 Å². The summed E-state index contributed by atoms with van der Waals surface area (Å²) in [5.74, 6) is -0.815. The number of carboxylic acid groups (broad SMARTS) is 1. The first-order chi connectivity index (χ1) is 16.2. The number of nitrogens with zero attached hydrogens (tertiary/aromatic N) is 2. The fraction of sp³-hybridized carbons (Fsp3) is 0.231. The summed E-state index contributed by atoms with van der Waals surface area (Å²) in [5.41, 5.74) is 3.06. The number of ketones is 1. The van der Waals surface area contributed by atoms with Gasteiger partial charge in [-0.3, -0.25) is 9.59 Å². The number of carbonyl (C=O) groups excluding carboxylic acids is 2. The van der Waals surface area contributed by atoms with Gasteiger partial charge in [-0.25, -0.2) is 9.48 Å². The Balaban J connectivity index is 1.60. The van der Waals surface area contributed by atoms with Gasteiger partial charge < -0.3 is 15.7 Å². The summed E-state index contributed by atoms with van der Waals surface area (Å²) in [6.07, 6.45) is 2.53. The van der Waals surface area contributed by atoms with E-state index in [0.29, 0.717) is 35.5 Å². The number of hydrogen-bond donors (Lipinski definition) is 3. The van der Waals surface area contributed by atoms with Crippen molar-refractivity contribution in [2.24, 2.45) is 5.41 Å². The molecule has 3 aromatic rings. The van der Waals surface area contributed by atoms with Gasteiger partial charge >= 0.3 is 5.97 Å². The van der Waals surface area contributed by atoms with Crippen LogP contribution in [0.15, 0.2) is 72.1 Å². The summed E-state index contributed by atoms with van der Waals surface area (Å²) in [4.78, 5) is 37.7. The number of Topliss-reactive ketones (excluding diaryl/α,β-unsaturated/α-hetero) is 1. The molecule has 1 aliphatic heterocycles. The molecule has 0 saturated heterocycles. The molecule has 0 fully saturated rings. The van der Waals surface area contributed by atoms with Crippen molar-refractivity contribution in [3.63, 3.8) is 0 Å². The fourth-order valence-electron chi connectivity index (χ4n) is 4.71. The lowest BCUT2D eigenvalue weighted by Gasteiger charge is -2.39. The number of rotatable bonds is 4. The number of benzene rings is 2. The number of hydrogen-bond acceptors (Lipinski definition) is 5. The number of aromatic nitrogens is 2. The molecule has 0 spiro atoms. The van der Waals surface area contributed by atoms with Gasteiger partial charge in [-0.15, -0.1) is 0 Å². The van der Waals surface area contributed by atoms with Crippen LogP contribution in [0.1, 0.15) is 59.0 Å². The van der Waals surface area contributed by atoms with E-state index in [1.807, 2.05) is 32.0 Å². The Bertz CT molecular complexity index is 1340. The molecule has 1 aliphatic carbocycles. The number of fused-ring (bicyclic) bond motifs is 1. The second kappa shape index (κ2) is 7.98. The Kier molecular flexibility index (Phi) is 5.08. The van der Waals surface area contributed by atoms with Crippen LogP contribution < -0.4 is 10.6 Å². The Labute approximate surface area is 196 Å². The summed E-state index contributed by atoms with van der Waals surface area (Å²) >= 11 is 0. The van der Waals surface area contributed by atoms with Gasteiger partial charge in [-0.1, -0.05) is 44.2 Å². The van der Waals surface area contributed by atoms with Crippen molar-refractivity contribution in [1.29, 1.82) is 0 Å². The van der Waals surface area contributed by atoms with Crippen LogP contribution in [0.25, 0.3) is 0 Å². The predicted molar refractivity (Wildman–Crippen MR) is 127 cm³/mol. The maximum atomic E-state index is 13.3. The van der Waals surface area contributed by atoms with E-state index >= 15 is 0 Å². The maximum Gasteiger partial charge on any atom is 0.335 e. The Hall–Kier alpha value is -4.20. The van der Waals surface area contributed by atoms with Crippen LogP contribution in [0.3, 0.4) is 0 Å². The average Bonchev–Trinajstić information content (AvgIpc) is 3.21. The zero-order valence-corrected chi connectivity index (χ0v) is 18.8. The number of nitrogens with one attached hydrogen (secondary N) is 2. The normalized spacial score (nSPS) is 18.5. The number of anilines is 2. The molecular weight excluding hydrogens is 432 g/mol. The van der Waals surface area contributed by atoms with E-state index < -0.39 is 12.0 Å². The van der Waals surface area contributed by atoms with E-state index in [9.17, 15) is 19.5 Å². The molecule has 0 bridgehead atoms. The quantitative estimate of drug-likeness (QED) is 0.533. The van der Waals surface area contributed by atoms with Crippen molar-refractivity contribution < 1.29 is 19.5 Å². The molecule has 172 valence electrons. The van der Waals surface area contributed by atoms with Crippen LogP contribution in [0, 0.1) is 5.41 Å². The van der Waals surface area contributed by atoms with Gasteiger partial charge in [0, 0.05) is 23.4 Å². The zero-order valence-electron chi connectivity index (χ0n) is 18.8. The number of allylic oxidation sites excluding steroid dienone is 2. The number of amides is 1. The van der Waals surface area contributed by atoms with Crippen LogP contribution >= 0.6 is 0 Å². The molecule has 0 saturated carbocycles. The summed E-state index contributed by atoms with van der Waals surface area (Å²) < 4.78 is 1.64. The van der Waals surface area contributed by atoms with Crippen LogP contribution in [0.5, 0.6) is 0 Å². The fourth-order valence-corrected chi connectivity index (χ4v) is 4.71. The molecule has 8 nitrogen and oxygen atoms in total. The smallest absolute Gasteiger partial charge is 0.335 e. The minimum Gasteiger partial charge on any atom is -0.478 e. The maximum absolute atomic E-state index is 13.3. The molecule has 2 heterocycles. The lowest BCUT2D eigenvalue weighted by molar-refractivity contribution is -0.118. The zero-order chi connectivity index (χ0) is 24.0. The van der Waals surface area contributed by atoms with E-state index in [1.165, 1.54) is 18.3 Å². The SMILES string of the molecule is CC1(C)CC(=O)C2=C(C1)Nc1c(C(=O)Nc3ccccc3)cnn1[C@H]2c1ccc(C(=O)O)cc1. The van der Waals surface area contributed by atoms with Crippen molar-refractivity contribution in [2.75, 3.05) is 10.6 Å². The number of carboxylic acids is 1. The molecular formula is C26H24N4O4. The lowest BCUT2D eigenvalue weighted by Crippen LogP contribution is -2.37. The summed E-state index contributed by atoms with van der Waals surface area (Å²) in [5, 5.41) is 20.0. The van der Waals surface area contributed by atoms with E-state index in [2.05, 4.69) is 15.7 Å². The first-order valence-electron chi connectivity index (χ1n) is 11.0. The summed E-state index contributed by atoms with van der Waals surface area (Å²) in [6.45, 7) is 4.09. The van der Waals surface area contributed by atoms with Crippen molar-refractivity contribution >= 4 is 29.2 Å². The molecule has 1 amide bonds. The molecule has 0 radical (unpaired) electrons. The number of aromatic carboxylic acids is 1. The second-order valence-electron chi connectivity index (χ2n) is 9.46. The van der Waals surface area contributed by atoms with E-state index in [1.54, 1.807) is 28.9 Å². The van der Waals surface area contributed by atoms with Gasteiger partial charge in [0.15, 0.2) is 5.78 Å². The third-order valence-electron chi connectivity index (χ3n) is 6.25. The Morgan fingerprint density at radius 3 is 2.47 bits per heavy atom. The van der Waals surface area contributed by atoms with Crippen LogP contribution in [-0.2, 0) is 4.79 Å².